The van der Waals surface area contributed by atoms with Gasteiger partial charge in [0.25, 0.3) is 5.91 Å². The van der Waals surface area contributed by atoms with E-state index in [0.29, 0.717) is 0 Å². The monoisotopic (exact) mass is 303 g/mol. The van der Waals surface area contributed by atoms with Gasteiger partial charge in [0.2, 0.25) is 0 Å². The number of hydrogen-bond donors (Lipinski definition) is 3. The van der Waals surface area contributed by atoms with Crippen molar-refractivity contribution in [2.24, 2.45) is 7.05 Å². The number of aliphatic hydroxyl groups is 1. The van der Waals surface area contributed by atoms with Gasteiger partial charge in [-0.3, -0.25) is 9.48 Å². The number of nitrogens with zero attached hydrogens (tertiary/aromatic N) is 3. The Bertz CT molecular complexity index is 700. The molecule has 0 radical (unpaired) electrons. The fourth-order valence-electron chi connectivity index (χ4n) is 2.31. The SMILES string of the molecule is Cn1cc(-c2cnc(N)c(C(=O)N[C@H]3COC[C@H]3O)c2)cn1. The van der Waals surface area contributed by atoms with Crippen LogP contribution in [0.25, 0.3) is 11.1 Å². The third kappa shape index (κ3) is 2.78. The van der Waals surface area contributed by atoms with Crippen LogP contribution >= 0.6 is 0 Å². The number of pyridine rings is 1. The third-order valence-corrected chi connectivity index (χ3v) is 3.57. The van der Waals surface area contributed by atoms with Crippen LogP contribution in [-0.2, 0) is 11.8 Å². The molecule has 1 aliphatic heterocycles. The number of carbonyl (C=O) groups excluding carboxylic acids is 1. The maximum Gasteiger partial charge on any atom is 0.255 e. The largest absolute Gasteiger partial charge is 0.388 e. The van der Waals surface area contributed by atoms with Gasteiger partial charge in [-0.15, -0.1) is 0 Å². The van der Waals surface area contributed by atoms with Crippen LogP contribution in [0.3, 0.4) is 0 Å². The fraction of sp³-hybridized carbons (Fsp3) is 0.357. The number of nitrogens with one attached hydrogen (secondary N) is 1. The zero-order chi connectivity index (χ0) is 15.7. The normalized spacial score (nSPS) is 21.0. The minimum Gasteiger partial charge on any atom is -0.388 e. The summed E-state index contributed by atoms with van der Waals surface area (Å²) in [5.74, 6) is -0.246. The van der Waals surface area contributed by atoms with Gasteiger partial charge in [-0.2, -0.15) is 5.10 Å². The molecule has 3 heterocycles. The molecule has 0 saturated carbocycles. The van der Waals surface area contributed by atoms with Crippen LogP contribution in [-0.4, -0.2) is 51.1 Å². The van der Waals surface area contributed by atoms with E-state index in [1.165, 1.54) is 0 Å². The van der Waals surface area contributed by atoms with Gasteiger partial charge in [-0.05, 0) is 6.07 Å². The van der Waals surface area contributed by atoms with E-state index in [1.807, 2.05) is 13.2 Å². The first-order valence-electron chi connectivity index (χ1n) is 6.86. The predicted molar refractivity (Wildman–Crippen MR) is 78.9 cm³/mol. The van der Waals surface area contributed by atoms with Crippen molar-refractivity contribution in [1.82, 2.24) is 20.1 Å². The second kappa shape index (κ2) is 5.74. The highest BCUT2D eigenvalue weighted by atomic mass is 16.5. The average molecular weight is 303 g/mol. The van der Waals surface area contributed by atoms with Gasteiger partial charge in [0.1, 0.15) is 5.82 Å². The Labute approximate surface area is 126 Å². The van der Waals surface area contributed by atoms with Crippen molar-refractivity contribution in [3.05, 3.63) is 30.2 Å². The van der Waals surface area contributed by atoms with Gasteiger partial charge >= 0.3 is 0 Å². The molecule has 1 saturated heterocycles. The predicted octanol–water partition coefficient (Wildman–Crippen LogP) is -0.446. The van der Waals surface area contributed by atoms with Crippen LogP contribution in [0.1, 0.15) is 10.4 Å². The fourth-order valence-corrected chi connectivity index (χ4v) is 2.31. The number of hydrogen-bond acceptors (Lipinski definition) is 6. The Morgan fingerprint density at radius 3 is 2.91 bits per heavy atom. The number of aliphatic hydroxyl groups excluding tert-OH is 1. The molecule has 1 amide bonds. The van der Waals surface area contributed by atoms with Crippen molar-refractivity contribution in [3.8, 4) is 11.1 Å². The van der Waals surface area contributed by atoms with Gasteiger partial charge in [-0.25, -0.2) is 4.98 Å². The molecule has 0 unspecified atom stereocenters. The number of nitrogens with two attached hydrogens (primary N) is 1. The van der Waals surface area contributed by atoms with Crippen molar-refractivity contribution >= 4 is 11.7 Å². The van der Waals surface area contributed by atoms with Crippen molar-refractivity contribution in [1.29, 1.82) is 0 Å². The molecule has 2 atom stereocenters. The number of aromatic nitrogens is 3. The summed E-state index contributed by atoms with van der Waals surface area (Å²) in [4.78, 5) is 16.4. The molecule has 0 aromatic carbocycles. The van der Waals surface area contributed by atoms with Gasteiger partial charge in [0.15, 0.2) is 0 Å². The summed E-state index contributed by atoms with van der Waals surface area (Å²) in [6, 6.07) is 1.23. The van der Waals surface area contributed by atoms with E-state index in [9.17, 15) is 9.90 Å². The summed E-state index contributed by atoms with van der Waals surface area (Å²) in [6.07, 6.45) is 4.39. The standard InChI is InChI=1S/C14H17N5O3/c1-19-5-9(4-17-19)8-2-10(13(15)16-3-8)14(21)18-11-6-22-7-12(11)20/h2-5,11-12,20H,6-7H2,1H3,(H2,15,16)(H,18,21)/t11-,12+/m0/s1. The topological polar surface area (TPSA) is 115 Å². The lowest BCUT2D eigenvalue weighted by Crippen LogP contribution is -2.42. The molecule has 4 N–H and O–H groups in total. The van der Waals surface area contributed by atoms with Crippen LogP contribution in [0, 0.1) is 0 Å². The Morgan fingerprint density at radius 1 is 1.45 bits per heavy atom. The minimum absolute atomic E-state index is 0.138. The quantitative estimate of drug-likeness (QED) is 0.707. The first-order chi connectivity index (χ1) is 10.5. The van der Waals surface area contributed by atoms with E-state index in [0.717, 1.165) is 11.1 Å². The lowest BCUT2D eigenvalue weighted by molar-refractivity contribution is 0.0887. The summed E-state index contributed by atoms with van der Waals surface area (Å²) in [5, 5.41) is 16.5. The van der Waals surface area contributed by atoms with Crippen LogP contribution in [0.2, 0.25) is 0 Å². The van der Waals surface area contributed by atoms with Gasteiger partial charge in [0, 0.05) is 30.6 Å². The molecule has 3 rings (SSSR count). The van der Waals surface area contributed by atoms with E-state index >= 15 is 0 Å². The molecule has 0 spiro atoms. The molecule has 22 heavy (non-hydrogen) atoms. The molecule has 1 aliphatic rings. The summed E-state index contributed by atoms with van der Waals surface area (Å²) in [7, 11) is 1.81. The molecule has 116 valence electrons. The lowest BCUT2D eigenvalue weighted by atomic mass is 10.1. The van der Waals surface area contributed by atoms with Gasteiger partial charge < -0.3 is 20.9 Å². The Morgan fingerprint density at radius 2 is 2.27 bits per heavy atom. The van der Waals surface area contributed by atoms with Crippen molar-refractivity contribution in [2.45, 2.75) is 12.1 Å². The van der Waals surface area contributed by atoms with Crippen LogP contribution < -0.4 is 11.1 Å². The molecule has 2 aromatic heterocycles. The number of aryl methyl sites for hydroxylation is 1. The van der Waals surface area contributed by atoms with E-state index in [4.69, 9.17) is 10.5 Å². The van der Waals surface area contributed by atoms with Crippen molar-refractivity contribution in [3.63, 3.8) is 0 Å². The highest BCUT2D eigenvalue weighted by Crippen LogP contribution is 2.21. The van der Waals surface area contributed by atoms with Crippen LogP contribution in [0.4, 0.5) is 5.82 Å². The zero-order valence-electron chi connectivity index (χ0n) is 12.1. The van der Waals surface area contributed by atoms with Gasteiger partial charge in [0.05, 0.1) is 37.1 Å². The number of nitrogen functional groups attached to an aromatic ring is 1. The smallest absolute Gasteiger partial charge is 0.255 e. The van der Waals surface area contributed by atoms with Crippen LogP contribution in [0.5, 0.6) is 0 Å². The minimum atomic E-state index is -0.709. The maximum absolute atomic E-state index is 12.3. The first kappa shape index (κ1) is 14.5. The highest BCUT2D eigenvalue weighted by Gasteiger charge is 2.28. The Kier molecular flexibility index (Phi) is 3.78. The Balaban J connectivity index is 1.84. The van der Waals surface area contributed by atoms with E-state index in [-0.39, 0.29) is 30.5 Å². The molecular formula is C14H17N5O3. The second-order valence-corrected chi connectivity index (χ2v) is 5.24. The molecule has 8 heteroatoms. The lowest BCUT2D eigenvalue weighted by Gasteiger charge is -2.15. The number of anilines is 1. The zero-order valence-corrected chi connectivity index (χ0v) is 12.1. The number of amides is 1. The first-order valence-corrected chi connectivity index (χ1v) is 6.86. The van der Waals surface area contributed by atoms with E-state index in [1.54, 1.807) is 23.1 Å². The number of carbonyl (C=O) groups is 1. The second-order valence-electron chi connectivity index (χ2n) is 5.24. The summed E-state index contributed by atoms with van der Waals surface area (Å²) in [5.41, 5.74) is 7.65. The molecule has 0 aliphatic carbocycles. The molecule has 0 bridgehead atoms. The van der Waals surface area contributed by atoms with Crippen molar-refractivity contribution < 1.29 is 14.6 Å². The summed E-state index contributed by atoms with van der Waals surface area (Å²) >= 11 is 0. The molecule has 8 nitrogen and oxygen atoms in total. The summed E-state index contributed by atoms with van der Waals surface area (Å²) in [6.45, 7) is 0.497. The highest BCUT2D eigenvalue weighted by molar-refractivity contribution is 5.99. The summed E-state index contributed by atoms with van der Waals surface area (Å²) < 4.78 is 6.77. The van der Waals surface area contributed by atoms with E-state index < -0.39 is 12.1 Å². The van der Waals surface area contributed by atoms with E-state index in [2.05, 4.69) is 15.4 Å². The van der Waals surface area contributed by atoms with Crippen molar-refractivity contribution in [2.75, 3.05) is 18.9 Å². The maximum atomic E-state index is 12.3. The number of rotatable bonds is 3. The third-order valence-electron chi connectivity index (χ3n) is 3.57. The molecule has 1 fully saturated rings. The Hall–Kier alpha value is -2.45. The number of ether oxygens (including phenoxy) is 1. The molecule has 2 aromatic rings. The average Bonchev–Trinajstić information content (AvgIpc) is 3.09. The molecular weight excluding hydrogens is 286 g/mol. The van der Waals surface area contributed by atoms with Gasteiger partial charge in [-0.1, -0.05) is 0 Å². The van der Waals surface area contributed by atoms with Crippen LogP contribution in [0.15, 0.2) is 24.7 Å².